The highest BCUT2D eigenvalue weighted by Gasteiger charge is 2.33. The Hall–Kier alpha value is -2.16. The normalized spacial score (nSPS) is 11.8. The number of esters is 1. The molecule has 0 fully saturated rings. The van der Waals surface area contributed by atoms with E-state index >= 15 is 0 Å². The van der Waals surface area contributed by atoms with Crippen molar-refractivity contribution in [3.8, 4) is 0 Å². The molecule has 0 saturated heterocycles. The molecule has 0 atom stereocenters. The zero-order valence-electron chi connectivity index (χ0n) is 15.2. The van der Waals surface area contributed by atoms with Gasteiger partial charge in [-0.05, 0) is 20.8 Å². The van der Waals surface area contributed by atoms with Gasteiger partial charge in [0.05, 0.1) is 6.61 Å². The lowest BCUT2D eigenvalue weighted by atomic mass is 10.2. The van der Waals surface area contributed by atoms with E-state index < -0.39 is 22.0 Å². The van der Waals surface area contributed by atoms with Crippen molar-refractivity contribution in [1.29, 1.82) is 0 Å². The van der Waals surface area contributed by atoms with Crippen LogP contribution in [0.3, 0.4) is 0 Å². The molecule has 2 aromatic heterocycles. The van der Waals surface area contributed by atoms with Crippen LogP contribution < -0.4 is 11.2 Å². The topological polar surface area (TPSA) is 96.1 Å². The summed E-state index contributed by atoms with van der Waals surface area (Å²) in [5.74, 6) is 0.101. The SMILES string of the molecule is CCOC(=O)C(C)(C)Sc1nc(CC)nc2c1c(=O)n(C)c(=O)n2C. The summed E-state index contributed by atoms with van der Waals surface area (Å²) < 4.78 is 6.49. The first kappa shape index (κ1) is 19.2. The summed E-state index contributed by atoms with van der Waals surface area (Å²) >= 11 is 1.14. The van der Waals surface area contributed by atoms with Gasteiger partial charge in [-0.3, -0.25) is 18.7 Å². The smallest absolute Gasteiger partial charge is 0.332 e. The molecule has 0 saturated carbocycles. The van der Waals surface area contributed by atoms with Gasteiger partial charge in [0.15, 0.2) is 5.65 Å². The van der Waals surface area contributed by atoms with Crippen LogP contribution in [0.2, 0.25) is 0 Å². The standard InChI is InChI=1S/C16H22N4O4S/c1-7-9-17-11-10(13(21)20(6)15(23)19(11)5)12(18-9)25-16(3,4)14(22)24-8-2/h7-8H2,1-6H3. The Morgan fingerprint density at radius 1 is 1.16 bits per heavy atom. The number of ether oxygens (including phenoxy) is 1. The number of thioether (sulfide) groups is 1. The van der Waals surface area contributed by atoms with Crippen molar-refractivity contribution in [1.82, 2.24) is 19.1 Å². The molecule has 0 N–H and O–H groups in total. The lowest BCUT2D eigenvalue weighted by Crippen LogP contribution is -2.38. The van der Waals surface area contributed by atoms with Gasteiger partial charge < -0.3 is 4.74 Å². The minimum absolute atomic E-state index is 0.226. The van der Waals surface area contributed by atoms with Crippen molar-refractivity contribution < 1.29 is 9.53 Å². The Bertz CT molecular complexity index is 946. The Morgan fingerprint density at radius 3 is 2.36 bits per heavy atom. The Balaban J connectivity index is 2.77. The fourth-order valence-corrected chi connectivity index (χ4v) is 3.35. The molecule has 0 aliphatic rings. The molecule has 25 heavy (non-hydrogen) atoms. The van der Waals surface area contributed by atoms with Gasteiger partial charge in [-0.15, -0.1) is 0 Å². The van der Waals surface area contributed by atoms with Crippen LogP contribution in [-0.4, -0.2) is 36.4 Å². The average Bonchev–Trinajstić information content (AvgIpc) is 2.57. The summed E-state index contributed by atoms with van der Waals surface area (Å²) in [4.78, 5) is 45.8. The van der Waals surface area contributed by atoms with Gasteiger partial charge >= 0.3 is 11.7 Å². The molecule has 8 nitrogen and oxygen atoms in total. The molecule has 2 aromatic rings. The molecule has 0 amide bonds. The largest absolute Gasteiger partial charge is 0.465 e. The highest BCUT2D eigenvalue weighted by molar-refractivity contribution is 8.01. The summed E-state index contributed by atoms with van der Waals surface area (Å²) in [6, 6.07) is 0. The average molecular weight is 366 g/mol. The van der Waals surface area contributed by atoms with E-state index in [1.54, 1.807) is 27.8 Å². The summed E-state index contributed by atoms with van der Waals surface area (Å²) in [7, 11) is 2.96. The van der Waals surface area contributed by atoms with E-state index in [9.17, 15) is 14.4 Å². The van der Waals surface area contributed by atoms with Crippen molar-refractivity contribution in [2.75, 3.05) is 6.61 Å². The maximum absolute atomic E-state index is 12.6. The molecule has 0 radical (unpaired) electrons. The lowest BCUT2D eigenvalue weighted by molar-refractivity contribution is -0.145. The van der Waals surface area contributed by atoms with E-state index in [0.29, 0.717) is 17.3 Å². The molecule has 2 rings (SSSR count). The molecule has 0 aromatic carbocycles. The van der Waals surface area contributed by atoms with Gasteiger partial charge in [-0.2, -0.15) is 0 Å². The van der Waals surface area contributed by atoms with E-state index in [-0.39, 0.29) is 17.6 Å². The van der Waals surface area contributed by atoms with Crippen LogP contribution in [0.15, 0.2) is 14.6 Å². The van der Waals surface area contributed by atoms with Crippen LogP contribution in [0.4, 0.5) is 0 Å². The quantitative estimate of drug-likeness (QED) is 0.443. The molecule has 136 valence electrons. The van der Waals surface area contributed by atoms with Crippen molar-refractivity contribution in [3.05, 3.63) is 26.7 Å². The second kappa shape index (κ2) is 6.99. The fourth-order valence-electron chi connectivity index (χ4n) is 2.29. The van der Waals surface area contributed by atoms with Crippen LogP contribution in [-0.2, 0) is 30.0 Å². The van der Waals surface area contributed by atoms with Crippen molar-refractivity contribution >= 4 is 28.8 Å². The highest BCUT2D eigenvalue weighted by Crippen LogP contribution is 2.35. The van der Waals surface area contributed by atoms with E-state index in [1.807, 2.05) is 6.92 Å². The first-order chi connectivity index (χ1) is 11.6. The third-order valence-corrected chi connectivity index (χ3v) is 4.91. The Labute approximate surface area is 149 Å². The van der Waals surface area contributed by atoms with E-state index in [4.69, 9.17) is 4.74 Å². The summed E-state index contributed by atoms with van der Waals surface area (Å²) in [5.41, 5.74) is -0.677. The molecule has 0 unspecified atom stereocenters. The highest BCUT2D eigenvalue weighted by atomic mass is 32.2. The van der Waals surface area contributed by atoms with Crippen LogP contribution in [0.25, 0.3) is 11.0 Å². The van der Waals surface area contributed by atoms with Gasteiger partial charge in [0, 0.05) is 20.5 Å². The number of carbonyl (C=O) groups excluding carboxylic acids is 1. The third kappa shape index (κ3) is 3.46. The first-order valence-corrected chi connectivity index (χ1v) is 8.78. The maximum Gasteiger partial charge on any atom is 0.332 e. The van der Waals surface area contributed by atoms with Crippen molar-refractivity contribution in [2.24, 2.45) is 14.1 Å². The number of hydrogen-bond donors (Lipinski definition) is 0. The monoisotopic (exact) mass is 366 g/mol. The Morgan fingerprint density at radius 2 is 1.80 bits per heavy atom. The van der Waals surface area contributed by atoms with E-state index in [0.717, 1.165) is 16.3 Å². The molecule has 0 spiro atoms. The molecule has 9 heteroatoms. The van der Waals surface area contributed by atoms with Gasteiger partial charge in [0.1, 0.15) is 21.0 Å². The molecular weight excluding hydrogens is 344 g/mol. The number of hydrogen-bond acceptors (Lipinski definition) is 7. The van der Waals surface area contributed by atoms with Gasteiger partial charge in [-0.1, -0.05) is 18.7 Å². The predicted molar refractivity (Wildman–Crippen MR) is 96.0 cm³/mol. The van der Waals surface area contributed by atoms with E-state index in [2.05, 4.69) is 9.97 Å². The molecular formula is C16H22N4O4S. The minimum atomic E-state index is -0.942. The van der Waals surface area contributed by atoms with Crippen molar-refractivity contribution in [3.63, 3.8) is 0 Å². The fraction of sp³-hybridized carbons (Fsp3) is 0.562. The summed E-state index contributed by atoms with van der Waals surface area (Å²) in [6.45, 7) is 7.30. The van der Waals surface area contributed by atoms with Crippen LogP contribution >= 0.6 is 11.8 Å². The number of rotatable bonds is 5. The van der Waals surface area contributed by atoms with Gasteiger partial charge in [0.2, 0.25) is 0 Å². The number of fused-ring (bicyclic) bond motifs is 1. The first-order valence-electron chi connectivity index (χ1n) is 7.96. The summed E-state index contributed by atoms with van der Waals surface area (Å²) in [6.07, 6.45) is 0.534. The van der Waals surface area contributed by atoms with Gasteiger partial charge in [-0.25, -0.2) is 14.8 Å². The zero-order chi connectivity index (χ0) is 18.9. The second-order valence-corrected chi connectivity index (χ2v) is 7.65. The molecule has 0 aliphatic heterocycles. The lowest BCUT2D eigenvalue weighted by Gasteiger charge is -2.22. The van der Waals surface area contributed by atoms with Crippen molar-refractivity contribution in [2.45, 2.75) is 43.9 Å². The predicted octanol–water partition coefficient (Wildman–Crippen LogP) is 1.02. The Kier molecular flexibility index (Phi) is 5.36. The second-order valence-electron chi connectivity index (χ2n) is 6.04. The molecule has 0 bridgehead atoms. The van der Waals surface area contributed by atoms with Crippen LogP contribution in [0.5, 0.6) is 0 Å². The number of aromatic nitrogens is 4. The maximum atomic E-state index is 12.6. The minimum Gasteiger partial charge on any atom is -0.465 e. The third-order valence-electron chi connectivity index (χ3n) is 3.75. The molecule has 2 heterocycles. The number of carbonyl (C=O) groups is 1. The van der Waals surface area contributed by atoms with Crippen LogP contribution in [0.1, 0.15) is 33.5 Å². The summed E-state index contributed by atoms with van der Waals surface area (Å²) in [5, 5.41) is 0.597. The number of nitrogens with zero attached hydrogens (tertiary/aromatic N) is 4. The zero-order valence-corrected chi connectivity index (χ0v) is 16.1. The van der Waals surface area contributed by atoms with E-state index in [1.165, 1.54) is 11.6 Å². The van der Waals surface area contributed by atoms with Gasteiger partial charge in [0.25, 0.3) is 5.56 Å². The van der Waals surface area contributed by atoms with Crippen LogP contribution in [0, 0.1) is 0 Å². The number of aryl methyl sites for hydroxylation is 2. The molecule has 0 aliphatic carbocycles.